The minimum Gasteiger partial charge on any atom is -0.376 e. The van der Waals surface area contributed by atoms with Crippen molar-refractivity contribution >= 4 is 0 Å². The largest absolute Gasteiger partial charge is 0.376 e. The maximum atomic E-state index is 8.48. The van der Waals surface area contributed by atoms with E-state index in [1.54, 1.807) is 0 Å². The number of rotatable bonds is 7. The molecular weight excluding hydrogens is 164 g/mol. The normalized spacial score (nSPS) is 12.1. The smallest absolute Gasteiger partial charge is 0.0672 e. The maximum absolute atomic E-state index is 8.48. The van der Waals surface area contributed by atoms with Gasteiger partial charge in [-0.25, -0.2) is 0 Å². The summed E-state index contributed by atoms with van der Waals surface area (Å²) in [6.07, 6.45) is 0. The number of hydrogen-bond donors (Lipinski definition) is 1. The molecule has 0 amide bonds. The van der Waals surface area contributed by atoms with Gasteiger partial charge in [0.2, 0.25) is 0 Å². The first-order valence-electron chi connectivity index (χ1n) is 4.49. The van der Waals surface area contributed by atoms with Crippen molar-refractivity contribution in [3.63, 3.8) is 0 Å². The van der Waals surface area contributed by atoms with Gasteiger partial charge in [0.05, 0.1) is 25.2 Å². The molecule has 0 aliphatic carbocycles. The van der Waals surface area contributed by atoms with E-state index in [0.717, 1.165) is 18.7 Å². The van der Waals surface area contributed by atoms with Gasteiger partial charge in [0.15, 0.2) is 0 Å². The molecule has 74 valence electrons. The summed E-state index contributed by atoms with van der Waals surface area (Å²) in [5.74, 6) is 0.0705. The first-order chi connectivity index (χ1) is 6.16. The third-order valence-corrected chi connectivity index (χ3v) is 1.44. The molecule has 0 saturated carbocycles. The fourth-order valence-corrected chi connectivity index (χ4v) is 0.755. The van der Waals surface area contributed by atoms with Crippen molar-refractivity contribution in [1.82, 2.24) is 5.32 Å². The Labute approximate surface area is 80.4 Å². The van der Waals surface area contributed by atoms with Gasteiger partial charge in [0.25, 0.3) is 0 Å². The van der Waals surface area contributed by atoms with Gasteiger partial charge in [-0.2, -0.15) is 5.26 Å². The molecule has 0 aliphatic heterocycles. The van der Waals surface area contributed by atoms with E-state index in [0.29, 0.717) is 13.2 Å². The molecule has 1 atom stereocenters. The number of nitrogens with one attached hydrogen (secondary N) is 1. The van der Waals surface area contributed by atoms with Crippen LogP contribution in [0.3, 0.4) is 0 Å². The second kappa shape index (κ2) is 7.78. The quantitative estimate of drug-likeness (QED) is 0.477. The topological polar surface area (TPSA) is 45.0 Å². The number of hydrogen-bond acceptors (Lipinski definition) is 3. The average Bonchev–Trinajstić information content (AvgIpc) is 2.10. The third kappa shape index (κ3) is 9.06. The van der Waals surface area contributed by atoms with Crippen LogP contribution >= 0.6 is 0 Å². The van der Waals surface area contributed by atoms with Crippen LogP contribution in [0.5, 0.6) is 0 Å². The Morgan fingerprint density at radius 1 is 1.69 bits per heavy atom. The highest BCUT2D eigenvalue weighted by atomic mass is 16.5. The summed E-state index contributed by atoms with van der Waals surface area (Å²) < 4.78 is 5.27. The van der Waals surface area contributed by atoms with Crippen molar-refractivity contribution in [1.29, 1.82) is 5.26 Å². The molecule has 0 spiro atoms. The third-order valence-electron chi connectivity index (χ3n) is 1.44. The molecule has 1 unspecified atom stereocenters. The van der Waals surface area contributed by atoms with Crippen LogP contribution in [0.25, 0.3) is 0 Å². The summed E-state index contributed by atoms with van der Waals surface area (Å²) in [4.78, 5) is 0. The molecular formula is C10H18N2O. The molecule has 3 heteroatoms. The zero-order valence-corrected chi connectivity index (χ0v) is 8.47. The second-order valence-corrected chi connectivity index (χ2v) is 3.24. The van der Waals surface area contributed by atoms with Crippen molar-refractivity contribution in [3.8, 4) is 6.07 Å². The van der Waals surface area contributed by atoms with Crippen molar-refractivity contribution in [2.45, 2.75) is 13.8 Å². The molecule has 0 heterocycles. The van der Waals surface area contributed by atoms with E-state index in [1.165, 1.54) is 0 Å². The van der Waals surface area contributed by atoms with Gasteiger partial charge in [-0.1, -0.05) is 12.2 Å². The fourth-order valence-electron chi connectivity index (χ4n) is 0.755. The second-order valence-electron chi connectivity index (χ2n) is 3.24. The van der Waals surface area contributed by atoms with E-state index in [-0.39, 0.29) is 5.92 Å². The van der Waals surface area contributed by atoms with Crippen LogP contribution in [0.15, 0.2) is 12.2 Å². The lowest BCUT2D eigenvalue weighted by Gasteiger charge is -2.06. The Hall–Kier alpha value is -0.850. The van der Waals surface area contributed by atoms with E-state index >= 15 is 0 Å². The van der Waals surface area contributed by atoms with E-state index in [4.69, 9.17) is 10.00 Å². The molecule has 3 nitrogen and oxygen atoms in total. The molecule has 0 aromatic heterocycles. The highest BCUT2D eigenvalue weighted by molar-refractivity contribution is 4.87. The molecule has 0 saturated heterocycles. The van der Waals surface area contributed by atoms with Gasteiger partial charge in [-0.05, 0) is 13.8 Å². The zero-order valence-electron chi connectivity index (χ0n) is 8.47. The summed E-state index contributed by atoms with van der Waals surface area (Å²) in [6.45, 7) is 10.4. The predicted octanol–water partition coefficient (Wildman–Crippen LogP) is 1.33. The van der Waals surface area contributed by atoms with Crippen LogP contribution in [-0.4, -0.2) is 26.3 Å². The van der Waals surface area contributed by atoms with Gasteiger partial charge in [0, 0.05) is 13.1 Å². The lowest BCUT2D eigenvalue weighted by Crippen LogP contribution is -2.24. The SMILES string of the molecule is C=C(C)COCCNCC(C)C#N. The van der Waals surface area contributed by atoms with Crippen molar-refractivity contribution in [2.24, 2.45) is 5.92 Å². The van der Waals surface area contributed by atoms with Crippen molar-refractivity contribution in [2.75, 3.05) is 26.3 Å². The summed E-state index contributed by atoms with van der Waals surface area (Å²) >= 11 is 0. The zero-order chi connectivity index (χ0) is 10.1. The molecule has 0 aromatic rings. The van der Waals surface area contributed by atoms with Crippen LogP contribution in [-0.2, 0) is 4.74 Å². The number of nitrogens with zero attached hydrogens (tertiary/aromatic N) is 1. The summed E-state index contributed by atoms with van der Waals surface area (Å²) in [5.41, 5.74) is 1.03. The number of ether oxygens (including phenoxy) is 1. The van der Waals surface area contributed by atoms with E-state index < -0.39 is 0 Å². The van der Waals surface area contributed by atoms with Crippen LogP contribution < -0.4 is 5.32 Å². The Balaban J connectivity index is 3.09. The van der Waals surface area contributed by atoms with Crippen LogP contribution in [0.1, 0.15) is 13.8 Å². The summed E-state index contributed by atoms with van der Waals surface area (Å²) in [7, 11) is 0. The molecule has 1 N–H and O–H groups in total. The lowest BCUT2D eigenvalue weighted by atomic mass is 10.2. The maximum Gasteiger partial charge on any atom is 0.0672 e. The first kappa shape index (κ1) is 12.2. The highest BCUT2D eigenvalue weighted by Crippen LogP contribution is 1.88. The minimum atomic E-state index is 0.0705. The molecule has 0 bridgehead atoms. The fraction of sp³-hybridized carbons (Fsp3) is 0.700. The molecule has 0 aliphatic rings. The lowest BCUT2D eigenvalue weighted by molar-refractivity contribution is 0.157. The first-order valence-corrected chi connectivity index (χ1v) is 4.49. The monoisotopic (exact) mass is 182 g/mol. The van der Waals surface area contributed by atoms with Crippen LogP contribution in [0.4, 0.5) is 0 Å². The van der Waals surface area contributed by atoms with Gasteiger partial charge in [0.1, 0.15) is 0 Å². The van der Waals surface area contributed by atoms with Gasteiger partial charge < -0.3 is 10.1 Å². The molecule has 0 fully saturated rings. The van der Waals surface area contributed by atoms with Gasteiger partial charge in [-0.3, -0.25) is 0 Å². The summed E-state index contributed by atoms with van der Waals surface area (Å²) in [6, 6.07) is 2.16. The van der Waals surface area contributed by atoms with E-state index in [9.17, 15) is 0 Å². The number of nitriles is 1. The Morgan fingerprint density at radius 2 is 2.38 bits per heavy atom. The Bertz CT molecular complexity index is 184. The van der Waals surface area contributed by atoms with E-state index in [1.807, 2.05) is 13.8 Å². The Morgan fingerprint density at radius 3 is 2.92 bits per heavy atom. The highest BCUT2D eigenvalue weighted by Gasteiger charge is 1.96. The van der Waals surface area contributed by atoms with Crippen molar-refractivity contribution < 1.29 is 4.74 Å². The molecule has 0 aromatic carbocycles. The predicted molar refractivity (Wildman–Crippen MR) is 53.3 cm³/mol. The molecule has 0 rings (SSSR count). The van der Waals surface area contributed by atoms with Gasteiger partial charge >= 0.3 is 0 Å². The summed E-state index contributed by atoms with van der Waals surface area (Å²) in [5, 5.41) is 11.6. The van der Waals surface area contributed by atoms with Crippen LogP contribution in [0, 0.1) is 17.2 Å². The standard InChI is InChI=1S/C10H18N2O/c1-9(2)8-13-5-4-12-7-10(3)6-11/h10,12H,1,4-5,7-8H2,2-3H3. The van der Waals surface area contributed by atoms with Gasteiger partial charge in [-0.15, -0.1) is 0 Å². The van der Waals surface area contributed by atoms with E-state index in [2.05, 4.69) is 18.0 Å². The minimum absolute atomic E-state index is 0.0705. The van der Waals surface area contributed by atoms with Crippen LogP contribution in [0.2, 0.25) is 0 Å². The molecule has 13 heavy (non-hydrogen) atoms. The Kier molecular flexibility index (Phi) is 7.27. The average molecular weight is 182 g/mol. The molecule has 0 radical (unpaired) electrons. The van der Waals surface area contributed by atoms with Crippen molar-refractivity contribution in [3.05, 3.63) is 12.2 Å².